The fourth-order valence-corrected chi connectivity index (χ4v) is 4.95. The molecule has 1 aromatic carbocycles. The SMILES string of the molecule is COC(=O)c1cc(OC(C)C)c2nc(N3CCN4C[C@@H](O)C[C@H]4C3)sc2c1. The molecule has 7 nitrogen and oxygen atoms in total. The van der Waals surface area contributed by atoms with Crippen molar-refractivity contribution in [2.24, 2.45) is 0 Å². The van der Waals surface area contributed by atoms with Crippen molar-refractivity contribution in [3.8, 4) is 5.75 Å². The number of rotatable bonds is 4. The number of nitrogens with zero attached hydrogens (tertiary/aromatic N) is 3. The number of carbonyl (C=O) groups excluding carboxylic acids is 1. The Balaban J connectivity index is 1.67. The van der Waals surface area contributed by atoms with Gasteiger partial charge in [0.2, 0.25) is 0 Å². The topological polar surface area (TPSA) is 75.1 Å². The summed E-state index contributed by atoms with van der Waals surface area (Å²) in [5.74, 6) is 0.231. The molecule has 2 fully saturated rings. The van der Waals surface area contributed by atoms with Crippen LogP contribution in [0, 0.1) is 0 Å². The molecule has 4 rings (SSSR count). The van der Waals surface area contributed by atoms with Crippen molar-refractivity contribution < 1.29 is 19.4 Å². The Hall–Kier alpha value is -1.90. The Kier molecular flexibility index (Phi) is 4.96. The molecule has 2 atom stereocenters. The number of methoxy groups -OCH3 is 1. The second-order valence-corrected chi connectivity index (χ2v) is 8.47. The summed E-state index contributed by atoms with van der Waals surface area (Å²) in [6.45, 7) is 7.35. The first-order valence-electron chi connectivity index (χ1n) is 9.31. The first-order chi connectivity index (χ1) is 12.9. The summed E-state index contributed by atoms with van der Waals surface area (Å²) in [6, 6.07) is 3.91. The molecule has 0 bridgehead atoms. The number of aromatic nitrogens is 1. The average Bonchev–Trinajstić information content (AvgIpc) is 3.22. The number of hydrogen-bond acceptors (Lipinski definition) is 8. The standard InChI is InChI=1S/C19H25N3O4S/c1-11(2)26-15-6-12(18(24)25-3)7-16-17(15)20-19(27-16)22-5-4-21-10-14(23)8-13(21)9-22/h6-7,11,13-14,23H,4-5,8-10H2,1-3H3/t13-,14-/m0/s1. The number of carbonyl (C=O) groups is 1. The molecule has 0 aliphatic carbocycles. The lowest BCUT2D eigenvalue weighted by Gasteiger charge is -2.37. The zero-order chi connectivity index (χ0) is 19.1. The van der Waals surface area contributed by atoms with E-state index in [0.717, 1.165) is 47.9 Å². The van der Waals surface area contributed by atoms with Crippen molar-refractivity contribution >= 4 is 32.7 Å². The monoisotopic (exact) mass is 391 g/mol. The lowest BCUT2D eigenvalue weighted by atomic mass is 10.1. The number of aliphatic hydroxyl groups is 1. The highest BCUT2D eigenvalue weighted by atomic mass is 32.1. The van der Waals surface area contributed by atoms with Crippen LogP contribution >= 0.6 is 11.3 Å². The fourth-order valence-electron chi connectivity index (χ4n) is 3.89. The molecule has 0 amide bonds. The molecule has 2 aromatic rings. The van der Waals surface area contributed by atoms with Crippen molar-refractivity contribution in [2.45, 2.75) is 38.5 Å². The minimum Gasteiger partial charge on any atom is -0.489 e. The van der Waals surface area contributed by atoms with Gasteiger partial charge in [-0.3, -0.25) is 4.90 Å². The van der Waals surface area contributed by atoms with Crippen LogP contribution in [0.25, 0.3) is 10.2 Å². The number of benzene rings is 1. The quantitative estimate of drug-likeness (QED) is 0.800. The molecular weight excluding hydrogens is 366 g/mol. The predicted molar refractivity (Wildman–Crippen MR) is 105 cm³/mol. The summed E-state index contributed by atoms with van der Waals surface area (Å²) in [4.78, 5) is 21.5. The number of esters is 1. The Morgan fingerprint density at radius 2 is 2.15 bits per heavy atom. The van der Waals surface area contributed by atoms with E-state index >= 15 is 0 Å². The summed E-state index contributed by atoms with van der Waals surface area (Å²) < 4.78 is 11.7. The molecular formula is C19H25N3O4S. The highest BCUT2D eigenvalue weighted by Crippen LogP contribution is 2.37. The van der Waals surface area contributed by atoms with Gasteiger partial charge < -0.3 is 19.5 Å². The van der Waals surface area contributed by atoms with Crippen LogP contribution in [0.2, 0.25) is 0 Å². The van der Waals surface area contributed by atoms with Crippen molar-refractivity contribution in [1.82, 2.24) is 9.88 Å². The van der Waals surface area contributed by atoms with E-state index in [2.05, 4.69) is 9.80 Å². The van der Waals surface area contributed by atoms with Crippen LogP contribution in [0.1, 0.15) is 30.6 Å². The first kappa shape index (κ1) is 18.5. The van der Waals surface area contributed by atoms with Crippen molar-refractivity contribution in [2.75, 3.05) is 38.2 Å². The number of fused-ring (bicyclic) bond motifs is 2. The molecule has 27 heavy (non-hydrogen) atoms. The van der Waals surface area contributed by atoms with Gasteiger partial charge in [0.1, 0.15) is 11.3 Å². The summed E-state index contributed by atoms with van der Waals surface area (Å²) in [5.41, 5.74) is 1.25. The molecule has 2 saturated heterocycles. The highest BCUT2D eigenvalue weighted by molar-refractivity contribution is 7.22. The minimum atomic E-state index is -0.381. The van der Waals surface area contributed by atoms with Crippen molar-refractivity contribution in [3.63, 3.8) is 0 Å². The van der Waals surface area contributed by atoms with E-state index < -0.39 is 0 Å². The van der Waals surface area contributed by atoms with Gasteiger partial charge in [-0.1, -0.05) is 11.3 Å². The maximum atomic E-state index is 12.0. The Labute approximate surface area is 162 Å². The zero-order valence-corrected chi connectivity index (χ0v) is 16.7. The minimum absolute atomic E-state index is 0.0187. The van der Waals surface area contributed by atoms with E-state index in [1.165, 1.54) is 7.11 Å². The molecule has 2 aliphatic heterocycles. The summed E-state index contributed by atoms with van der Waals surface area (Å²) >= 11 is 1.57. The van der Waals surface area contributed by atoms with E-state index in [4.69, 9.17) is 14.5 Å². The molecule has 1 aromatic heterocycles. The van der Waals surface area contributed by atoms with Gasteiger partial charge in [0, 0.05) is 32.2 Å². The molecule has 8 heteroatoms. The van der Waals surface area contributed by atoms with E-state index in [1.807, 2.05) is 19.9 Å². The third-order valence-electron chi connectivity index (χ3n) is 5.10. The molecule has 0 unspecified atom stereocenters. The number of thiazole rings is 1. The third-order valence-corrected chi connectivity index (χ3v) is 6.16. The molecule has 0 saturated carbocycles. The maximum Gasteiger partial charge on any atom is 0.338 e. The maximum absolute atomic E-state index is 12.0. The van der Waals surface area contributed by atoms with E-state index in [1.54, 1.807) is 17.4 Å². The molecule has 0 radical (unpaired) electrons. The van der Waals surface area contributed by atoms with Gasteiger partial charge >= 0.3 is 5.97 Å². The number of anilines is 1. The number of piperazine rings is 1. The predicted octanol–water partition coefficient (Wildman–Crippen LogP) is 2.13. The molecule has 1 N–H and O–H groups in total. The number of ether oxygens (including phenoxy) is 2. The van der Waals surface area contributed by atoms with Gasteiger partial charge in [-0.2, -0.15) is 0 Å². The molecule has 2 aliphatic rings. The highest BCUT2D eigenvalue weighted by Gasteiger charge is 2.36. The summed E-state index contributed by atoms with van der Waals surface area (Å²) in [5, 5.41) is 10.9. The van der Waals surface area contributed by atoms with E-state index in [-0.39, 0.29) is 18.2 Å². The van der Waals surface area contributed by atoms with Crippen LogP contribution in [0.3, 0.4) is 0 Å². The first-order valence-corrected chi connectivity index (χ1v) is 10.1. The van der Waals surface area contributed by atoms with Gasteiger partial charge in [0.05, 0.1) is 29.6 Å². The Morgan fingerprint density at radius 3 is 2.89 bits per heavy atom. The van der Waals surface area contributed by atoms with E-state index in [9.17, 15) is 9.90 Å². The zero-order valence-electron chi connectivity index (χ0n) is 15.8. The molecule has 0 spiro atoms. The summed E-state index contributed by atoms with van der Waals surface area (Å²) in [7, 11) is 1.38. The normalized spacial score (nSPS) is 23.1. The van der Waals surface area contributed by atoms with Gasteiger partial charge in [-0.05, 0) is 32.4 Å². The summed E-state index contributed by atoms with van der Waals surface area (Å²) in [6.07, 6.45) is 0.573. The van der Waals surface area contributed by atoms with Crippen molar-refractivity contribution in [1.29, 1.82) is 0 Å². The number of aliphatic hydroxyl groups excluding tert-OH is 1. The molecule has 3 heterocycles. The third kappa shape index (κ3) is 3.61. The average molecular weight is 391 g/mol. The van der Waals surface area contributed by atoms with Crippen LogP contribution in [-0.2, 0) is 4.74 Å². The van der Waals surface area contributed by atoms with Crippen LogP contribution in [0.5, 0.6) is 5.75 Å². The van der Waals surface area contributed by atoms with Gasteiger partial charge in [0.15, 0.2) is 5.13 Å². The van der Waals surface area contributed by atoms with E-state index in [0.29, 0.717) is 17.4 Å². The lowest BCUT2D eigenvalue weighted by Crippen LogP contribution is -2.50. The van der Waals surface area contributed by atoms with Crippen LogP contribution in [0.15, 0.2) is 12.1 Å². The van der Waals surface area contributed by atoms with Gasteiger partial charge in [-0.25, -0.2) is 9.78 Å². The second kappa shape index (κ2) is 7.26. The van der Waals surface area contributed by atoms with Crippen LogP contribution < -0.4 is 9.64 Å². The van der Waals surface area contributed by atoms with Crippen LogP contribution in [0.4, 0.5) is 5.13 Å². The molecule has 146 valence electrons. The second-order valence-electron chi connectivity index (χ2n) is 7.46. The number of hydrogen-bond donors (Lipinski definition) is 1. The van der Waals surface area contributed by atoms with Crippen LogP contribution in [-0.4, -0.2) is 72.5 Å². The Bertz CT molecular complexity index is 853. The lowest BCUT2D eigenvalue weighted by molar-refractivity contribution is 0.0600. The largest absolute Gasteiger partial charge is 0.489 e. The van der Waals surface area contributed by atoms with Gasteiger partial charge in [-0.15, -0.1) is 0 Å². The smallest absolute Gasteiger partial charge is 0.338 e. The Morgan fingerprint density at radius 1 is 1.33 bits per heavy atom. The van der Waals surface area contributed by atoms with Crippen molar-refractivity contribution in [3.05, 3.63) is 17.7 Å². The van der Waals surface area contributed by atoms with Gasteiger partial charge in [0.25, 0.3) is 0 Å². The fraction of sp³-hybridized carbons (Fsp3) is 0.579.